The second-order valence-corrected chi connectivity index (χ2v) is 3.33. The molecule has 0 saturated heterocycles. The summed E-state index contributed by atoms with van der Waals surface area (Å²) in [5.74, 6) is -1.11. The maximum atomic E-state index is 12.0. The van der Waals surface area contributed by atoms with Gasteiger partial charge < -0.3 is 5.11 Å². The molecule has 0 bridgehead atoms. The van der Waals surface area contributed by atoms with Gasteiger partial charge in [0.2, 0.25) is 0 Å². The fourth-order valence-electron chi connectivity index (χ4n) is 1.83. The summed E-state index contributed by atoms with van der Waals surface area (Å²) in [4.78, 5) is 11.0. The summed E-state index contributed by atoms with van der Waals surface area (Å²) >= 11 is 0. The number of alkyl halides is 2. The van der Waals surface area contributed by atoms with Gasteiger partial charge in [0.1, 0.15) is 0 Å². The van der Waals surface area contributed by atoms with Gasteiger partial charge in [-0.25, -0.2) is 8.78 Å². The number of aliphatic hydroxyl groups is 1. The van der Waals surface area contributed by atoms with Gasteiger partial charge in [-0.05, 0) is 18.3 Å². The van der Waals surface area contributed by atoms with E-state index in [1.165, 1.54) is 0 Å². The number of carbonyl (C=O) groups is 1. The highest BCUT2D eigenvalue weighted by Crippen LogP contribution is 2.54. The van der Waals surface area contributed by atoms with Crippen molar-refractivity contribution in [1.82, 2.24) is 0 Å². The van der Waals surface area contributed by atoms with Crippen LogP contribution in [0.25, 0.3) is 0 Å². The molecule has 0 aliphatic heterocycles. The van der Waals surface area contributed by atoms with E-state index in [2.05, 4.69) is 0 Å². The Morgan fingerprint density at radius 3 is 2.67 bits per heavy atom. The maximum absolute atomic E-state index is 12.0. The Bertz CT molecular complexity index is 270. The van der Waals surface area contributed by atoms with Gasteiger partial charge in [0.25, 0.3) is 6.43 Å². The number of fused-ring (bicyclic) bond motifs is 1. The molecule has 0 radical (unpaired) electrons. The first-order valence-corrected chi connectivity index (χ1v) is 3.85. The summed E-state index contributed by atoms with van der Waals surface area (Å²) in [6, 6.07) is 0. The van der Waals surface area contributed by atoms with Crippen LogP contribution in [0, 0.1) is 11.8 Å². The number of halogens is 2. The van der Waals surface area contributed by atoms with Crippen LogP contribution in [-0.2, 0) is 4.79 Å². The summed E-state index contributed by atoms with van der Waals surface area (Å²) < 4.78 is 24.0. The number of carbonyl (C=O) groups excluding carboxylic acids is 1. The predicted molar refractivity (Wildman–Crippen MR) is 36.9 cm³/mol. The molecule has 4 heteroatoms. The number of allylic oxidation sites excluding steroid dienone is 2. The third-order valence-electron chi connectivity index (χ3n) is 2.52. The zero-order valence-corrected chi connectivity index (χ0v) is 6.26. The minimum absolute atomic E-state index is 0.00463. The van der Waals surface area contributed by atoms with Gasteiger partial charge >= 0.3 is 0 Å². The molecule has 2 aliphatic rings. The zero-order chi connectivity index (χ0) is 8.88. The van der Waals surface area contributed by atoms with Crippen molar-refractivity contribution >= 4 is 5.78 Å². The quantitative estimate of drug-likeness (QED) is 0.485. The van der Waals surface area contributed by atoms with Crippen LogP contribution < -0.4 is 0 Å². The highest BCUT2D eigenvalue weighted by Gasteiger charge is 2.51. The summed E-state index contributed by atoms with van der Waals surface area (Å²) in [6.45, 7) is 0. The van der Waals surface area contributed by atoms with E-state index in [9.17, 15) is 13.6 Å². The SMILES string of the molecule is O=C1CC2CC2C1=C(O)C(F)F. The maximum Gasteiger partial charge on any atom is 0.294 e. The Labute approximate surface area is 67.9 Å². The Morgan fingerprint density at radius 1 is 1.58 bits per heavy atom. The van der Waals surface area contributed by atoms with Crippen molar-refractivity contribution in [2.45, 2.75) is 19.3 Å². The number of hydrogen-bond acceptors (Lipinski definition) is 2. The Hall–Kier alpha value is -0.930. The monoisotopic (exact) mass is 174 g/mol. The number of ketones is 1. The first kappa shape index (κ1) is 7.71. The zero-order valence-electron chi connectivity index (χ0n) is 6.26. The van der Waals surface area contributed by atoms with Crippen LogP contribution in [0.2, 0.25) is 0 Å². The molecule has 2 aliphatic carbocycles. The fraction of sp³-hybridized carbons (Fsp3) is 0.625. The second kappa shape index (κ2) is 2.28. The number of rotatable bonds is 1. The minimum Gasteiger partial charge on any atom is -0.506 e. The molecular weight excluding hydrogens is 166 g/mol. The van der Waals surface area contributed by atoms with Gasteiger partial charge in [-0.3, -0.25) is 4.79 Å². The molecule has 0 aromatic carbocycles. The van der Waals surface area contributed by atoms with E-state index >= 15 is 0 Å². The average molecular weight is 174 g/mol. The largest absolute Gasteiger partial charge is 0.506 e. The van der Waals surface area contributed by atoms with Crippen molar-refractivity contribution in [1.29, 1.82) is 0 Å². The molecule has 2 saturated carbocycles. The summed E-state index contributed by atoms with van der Waals surface area (Å²) in [5.41, 5.74) is -0.00463. The molecule has 1 N–H and O–H groups in total. The van der Waals surface area contributed by atoms with E-state index in [0.717, 1.165) is 6.42 Å². The smallest absolute Gasteiger partial charge is 0.294 e. The highest BCUT2D eigenvalue weighted by molar-refractivity contribution is 6.00. The lowest BCUT2D eigenvalue weighted by Crippen LogP contribution is -2.07. The molecule has 0 aromatic rings. The minimum atomic E-state index is -2.90. The van der Waals surface area contributed by atoms with E-state index in [-0.39, 0.29) is 23.2 Å². The summed E-state index contributed by atoms with van der Waals surface area (Å²) in [7, 11) is 0. The lowest BCUT2D eigenvalue weighted by Gasteiger charge is -2.02. The average Bonchev–Trinajstić information content (AvgIpc) is 2.62. The molecule has 2 rings (SSSR count). The molecule has 2 nitrogen and oxygen atoms in total. The van der Waals surface area contributed by atoms with Crippen molar-refractivity contribution < 1.29 is 18.7 Å². The molecule has 2 atom stereocenters. The number of aliphatic hydroxyl groups excluding tert-OH is 1. The lowest BCUT2D eigenvalue weighted by atomic mass is 10.1. The van der Waals surface area contributed by atoms with E-state index in [1.807, 2.05) is 0 Å². The Balaban J connectivity index is 2.31. The first-order valence-electron chi connectivity index (χ1n) is 3.85. The van der Waals surface area contributed by atoms with Crippen molar-refractivity contribution in [3.8, 4) is 0 Å². The molecule has 2 fully saturated rings. The highest BCUT2D eigenvalue weighted by atomic mass is 19.3. The second-order valence-electron chi connectivity index (χ2n) is 3.33. The van der Waals surface area contributed by atoms with Crippen LogP contribution in [0.5, 0.6) is 0 Å². The molecule has 12 heavy (non-hydrogen) atoms. The molecular formula is C8H8F2O2. The van der Waals surface area contributed by atoms with Gasteiger partial charge in [0.15, 0.2) is 11.5 Å². The molecule has 0 spiro atoms. The van der Waals surface area contributed by atoms with Crippen molar-refractivity contribution in [2.75, 3.05) is 0 Å². The van der Waals surface area contributed by atoms with Crippen molar-refractivity contribution in [3.63, 3.8) is 0 Å². The Kier molecular flexibility index (Phi) is 1.46. The van der Waals surface area contributed by atoms with Crippen molar-refractivity contribution in [2.24, 2.45) is 11.8 Å². The standard InChI is InChI=1S/C8H8F2O2/c9-8(10)7(12)6-4-1-3(4)2-5(6)11/h3-4,8,12H,1-2H2. The van der Waals surface area contributed by atoms with Crippen LogP contribution in [0.15, 0.2) is 11.3 Å². The topological polar surface area (TPSA) is 37.3 Å². The van der Waals surface area contributed by atoms with Gasteiger partial charge in [-0.1, -0.05) is 0 Å². The molecule has 0 amide bonds. The fourth-order valence-corrected chi connectivity index (χ4v) is 1.83. The van der Waals surface area contributed by atoms with Crippen LogP contribution in [0.3, 0.4) is 0 Å². The van der Waals surface area contributed by atoms with Crippen LogP contribution in [0.4, 0.5) is 8.78 Å². The van der Waals surface area contributed by atoms with Gasteiger partial charge in [-0.2, -0.15) is 0 Å². The van der Waals surface area contributed by atoms with Gasteiger partial charge in [0, 0.05) is 12.0 Å². The van der Waals surface area contributed by atoms with E-state index in [0.29, 0.717) is 6.42 Å². The summed E-state index contributed by atoms with van der Waals surface area (Å²) in [5, 5.41) is 8.90. The van der Waals surface area contributed by atoms with E-state index < -0.39 is 12.2 Å². The van der Waals surface area contributed by atoms with Crippen LogP contribution in [0.1, 0.15) is 12.8 Å². The van der Waals surface area contributed by atoms with Gasteiger partial charge in [-0.15, -0.1) is 0 Å². The number of Topliss-reactive ketones (excluding diaryl/α,β-unsaturated/α-hetero) is 1. The third-order valence-corrected chi connectivity index (χ3v) is 2.52. The molecule has 0 aromatic heterocycles. The molecule has 2 unspecified atom stereocenters. The van der Waals surface area contributed by atoms with Crippen LogP contribution in [-0.4, -0.2) is 17.3 Å². The molecule has 66 valence electrons. The number of hydrogen-bond donors (Lipinski definition) is 1. The lowest BCUT2D eigenvalue weighted by molar-refractivity contribution is -0.115. The first-order chi connectivity index (χ1) is 5.61. The van der Waals surface area contributed by atoms with E-state index in [4.69, 9.17) is 5.11 Å². The van der Waals surface area contributed by atoms with Crippen LogP contribution >= 0.6 is 0 Å². The van der Waals surface area contributed by atoms with Gasteiger partial charge in [0.05, 0.1) is 0 Å². The van der Waals surface area contributed by atoms with E-state index in [1.54, 1.807) is 0 Å². The summed E-state index contributed by atoms with van der Waals surface area (Å²) in [6.07, 6.45) is -1.77. The van der Waals surface area contributed by atoms with Crippen molar-refractivity contribution in [3.05, 3.63) is 11.3 Å². The third kappa shape index (κ3) is 0.940. The normalized spacial score (nSPS) is 37.1. The Morgan fingerprint density at radius 2 is 2.25 bits per heavy atom. The predicted octanol–water partition coefficient (Wildman–Crippen LogP) is 1.67. The molecule has 0 heterocycles.